The molecule has 6 nitrogen and oxygen atoms in total. The van der Waals surface area contributed by atoms with Gasteiger partial charge in [-0.2, -0.15) is 0 Å². The van der Waals surface area contributed by atoms with E-state index in [1.54, 1.807) is 6.20 Å². The zero-order valence-electron chi connectivity index (χ0n) is 12.1. The summed E-state index contributed by atoms with van der Waals surface area (Å²) < 4.78 is 1.85. The molecule has 8 heteroatoms. The van der Waals surface area contributed by atoms with Crippen molar-refractivity contribution >= 4 is 39.9 Å². The molecule has 3 rings (SSSR count). The van der Waals surface area contributed by atoms with Crippen LogP contribution in [0.4, 0.5) is 5.00 Å². The van der Waals surface area contributed by atoms with E-state index in [2.05, 4.69) is 10.3 Å². The lowest BCUT2D eigenvalue weighted by molar-refractivity contribution is -0.113. The van der Waals surface area contributed by atoms with E-state index in [1.165, 1.54) is 28.0 Å². The number of rotatable bonds is 5. The summed E-state index contributed by atoms with van der Waals surface area (Å²) >= 11 is 2.82. The number of nitrogens with one attached hydrogen (secondary N) is 1. The molecule has 2 aromatic rings. The summed E-state index contributed by atoms with van der Waals surface area (Å²) in [6, 6.07) is 0. The second-order valence-corrected chi connectivity index (χ2v) is 7.13. The van der Waals surface area contributed by atoms with Crippen LogP contribution in [0, 0.1) is 0 Å². The fourth-order valence-corrected chi connectivity index (χ4v) is 4.58. The number of anilines is 1. The molecular formula is C14H16N4O2S2. The first-order chi connectivity index (χ1) is 10.6. The summed E-state index contributed by atoms with van der Waals surface area (Å²) in [6.07, 6.45) is 6.38. The van der Waals surface area contributed by atoms with Gasteiger partial charge in [0, 0.05) is 24.3 Å². The van der Waals surface area contributed by atoms with E-state index >= 15 is 0 Å². The molecule has 0 fully saturated rings. The van der Waals surface area contributed by atoms with Crippen LogP contribution in [0.1, 0.15) is 27.2 Å². The zero-order chi connectivity index (χ0) is 15.7. The van der Waals surface area contributed by atoms with Crippen molar-refractivity contribution in [1.82, 2.24) is 9.55 Å². The Morgan fingerprint density at radius 2 is 2.32 bits per heavy atom. The van der Waals surface area contributed by atoms with Gasteiger partial charge in [0.05, 0.1) is 11.3 Å². The molecule has 3 N–H and O–H groups in total. The molecule has 0 saturated heterocycles. The predicted octanol–water partition coefficient (Wildman–Crippen LogP) is 1.80. The number of primary amides is 1. The number of hydrogen-bond donors (Lipinski definition) is 2. The van der Waals surface area contributed by atoms with Gasteiger partial charge in [-0.05, 0) is 24.8 Å². The second-order valence-electron chi connectivity index (χ2n) is 5.08. The number of nitrogens with two attached hydrogens (primary N) is 1. The van der Waals surface area contributed by atoms with Crippen LogP contribution in [-0.2, 0) is 24.7 Å². The average Bonchev–Trinajstić information content (AvgIpc) is 3.11. The molecule has 1 aliphatic carbocycles. The van der Waals surface area contributed by atoms with Crippen LogP contribution in [0.3, 0.4) is 0 Å². The van der Waals surface area contributed by atoms with E-state index in [4.69, 9.17) is 5.73 Å². The largest absolute Gasteiger partial charge is 0.365 e. The maximum absolute atomic E-state index is 12.1. The number of fused-ring (bicyclic) bond motifs is 1. The fraction of sp³-hybridized carbons (Fsp3) is 0.357. The van der Waals surface area contributed by atoms with Crippen LogP contribution in [0.15, 0.2) is 17.6 Å². The Morgan fingerprint density at radius 3 is 3.00 bits per heavy atom. The average molecular weight is 336 g/mol. The smallest absolute Gasteiger partial charge is 0.251 e. The molecule has 1 aliphatic rings. The Bertz CT molecular complexity index is 735. The quantitative estimate of drug-likeness (QED) is 0.815. The topological polar surface area (TPSA) is 90.0 Å². The van der Waals surface area contributed by atoms with Gasteiger partial charge in [-0.25, -0.2) is 4.98 Å². The van der Waals surface area contributed by atoms with E-state index in [9.17, 15) is 9.59 Å². The van der Waals surface area contributed by atoms with Crippen molar-refractivity contribution in [3.05, 3.63) is 28.4 Å². The van der Waals surface area contributed by atoms with Gasteiger partial charge in [-0.1, -0.05) is 11.8 Å². The molecule has 22 heavy (non-hydrogen) atoms. The molecule has 0 aliphatic heterocycles. The minimum absolute atomic E-state index is 0.157. The standard InChI is InChI=1S/C14H16N4O2S2/c1-18-6-5-16-14(18)21-7-10(19)17-13-11(12(15)20)8-3-2-4-9(8)22-13/h5-6H,2-4,7H2,1H3,(H2,15,20)(H,17,19). The first-order valence-corrected chi connectivity index (χ1v) is 8.70. The van der Waals surface area contributed by atoms with E-state index in [0.717, 1.165) is 30.0 Å². The van der Waals surface area contributed by atoms with E-state index in [-0.39, 0.29) is 11.7 Å². The Hall–Kier alpha value is -1.80. The Kier molecular flexibility index (Phi) is 4.21. The van der Waals surface area contributed by atoms with Gasteiger partial charge < -0.3 is 15.6 Å². The monoisotopic (exact) mass is 336 g/mol. The first kappa shape index (κ1) is 15.1. The number of carbonyl (C=O) groups is 2. The Balaban J connectivity index is 1.69. The van der Waals surface area contributed by atoms with Crippen molar-refractivity contribution in [3.8, 4) is 0 Å². The number of aromatic nitrogens is 2. The predicted molar refractivity (Wildman–Crippen MR) is 87.4 cm³/mol. The highest BCUT2D eigenvalue weighted by molar-refractivity contribution is 7.99. The van der Waals surface area contributed by atoms with Crippen LogP contribution in [0.5, 0.6) is 0 Å². The number of carbonyl (C=O) groups excluding carboxylic acids is 2. The van der Waals surface area contributed by atoms with E-state index < -0.39 is 5.91 Å². The molecule has 0 saturated carbocycles. The van der Waals surface area contributed by atoms with Gasteiger partial charge in [-0.15, -0.1) is 11.3 Å². The number of imidazole rings is 1. The highest BCUT2D eigenvalue weighted by Gasteiger charge is 2.26. The summed E-state index contributed by atoms with van der Waals surface area (Å²) in [5.41, 5.74) is 6.99. The third-order valence-electron chi connectivity index (χ3n) is 3.53. The van der Waals surface area contributed by atoms with Crippen LogP contribution < -0.4 is 11.1 Å². The van der Waals surface area contributed by atoms with Gasteiger partial charge in [0.25, 0.3) is 5.91 Å². The number of nitrogens with zero attached hydrogens (tertiary/aromatic N) is 2. The lowest BCUT2D eigenvalue weighted by Crippen LogP contribution is -2.19. The molecule has 116 valence electrons. The van der Waals surface area contributed by atoms with Gasteiger partial charge in [0.2, 0.25) is 5.91 Å². The minimum Gasteiger partial charge on any atom is -0.365 e. The van der Waals surface area contributed by atoms with Crippen LogP contribution in [-0.4, -0.2) is 27.1 Å². The normalized spacial score (nSPS) is 13.1. The van der Waals surface area contributed by atoms with Crippen molar-refractivity contribution in [1.29, 1.82) is 0 Å². The molecule has 0 bridgehead atoms. The van der Waals surface area contributed by atoms with Crippen molar-refractivity contribution in [2.45, 2.75) is 24.4 Å². The van der Waals surface area contributed by atoms with Gasteiger partial charge in [-0.3, -0.25) is 9.59 Å². The molecule has 2 aromatic heterocycles. The lowest BCUT2D eigenvalue weighted by atomic mass is 10.1. The second kappa shape index (κ2) is 6.13. The molecule has 2 heterocycles. The van der Waals surface area contributed by atoms with Gasteiger partial charge >= 0.3 is 0 Å². The Labute approximate surface area is 136 Å². The van der Waals surface area contributed by atoms with Crippen molar-refractivity contribution in [3.63, 3.8) is 0 Å². The number of thioether (sulfide) groups is 1. The molecule has 0 aromatic carbocycles. The summed E-state index contributed by atoms with van der Waals surface area (Å²) in [5.74, 6) is -0.382. The first-order valence-electron chi connectivity index (χ1n) is 6.90. The minimum atomic E-state index is -0.466. The van der Waals surface area contributed by atoms with Crippen LogP contribution in [0.2, 0.25) is 0 Å². The maximum Gasteiger partial charge on any atom is 0.251 e. The van der Waals surface area contributed by atoms with E-state index in [1.807, 2.05) is 17.8 Å². The summed E-state index contributed by atoms with van der Waals surface area (Å²) in [4.78, 5) is 29.1. The Morgan fingerprint density at radius 1 is 1.50 bits per heavy atom. The third kappa shape index (κ3) is 2.89. The van der Waals surface area contributed by atoms with Crippen LogP contribution >= 0.6 is 23.1 Å². The number of hydrogen-bond acceptors (Lipinski definition) is 5. The molecular weight excluding hydrogens is 320 g/mol. The SMILES string of the molecule is Cn1ccnc1SCC(=O)Nc1sc2c(c1C(N)=O)CCC2. The summed E-state index contributed by atoms with van der Waals surface area (Å²) in [7, 11) is 1.88. The molecule has 0 radical (unpaired) electrons. The molecule has 0 atom stereocenters. The van der Waals surface area contributed by atoms with Crippen LogP contribution in [0.25, 0.3) is 0 Å². The molecule has 0 unspecified atom stereocenters. The fourth-order valence-electron chi connectivity index (χ4n) is 2.54. The number of amides is 2. The zero-order valence-corrected chi connectivity index (χ0v) is 13.7. The highest BCUT2D eigenvalue weighted by atomic mass is 32.2. The van der Waals surface area contributed by atoms with Crippen molar-refractivity contribution < 1.29 is 9.59 Å². The van der Waals surface area contributed by atoms with Crippen molar-refractivity contribution in [2.24, 2.45) is 12.8 Å². The van der Waals surface area contributed by atoms with Gasteiger partial charge in [0.1, 0.15) is 5.00 Å². The highest BCUT2D eigenvalue weighted by Crippen LogP contribution is 2.38. The van der Waals surface area contributed by atoms with E-state index in [0.29, 0.717) is 10.6 Å². The number of thiophene rings is 1. The maximum atomic E-state index is 12.1. The van der Waals surface area contributed by atoms with Gasteiger partial charge in [0.15, 0.2) is 5.16 Å². The third-order valence-corrected chi connectivity index (χ3v) is 5.80. The lowest BCUT2D eigenvalue weighted by Gasteiger charge is -2.06. The van der Waals surface area contributed by atoms with Crippen molar-refractivity contribution in [2.75, 3.05) is 11.1 Å². The molecule has 2 amide bonds. The molecule has 0 spiro atoms. The summed E-state index contributed by atoms with van der Waals surface area (Å²) in [6.45, 7) is 0. The number of aryl methyl sites for hydroxylation is 2. The summed E-state index contributed by atoms with van der Waals surface area (Å²) in [5, 5.41) is 4.19.